The SMILES string of the molecule is COc1ccccc1COc1ccc(CC(C)O)cc1. The van der Waals surface area contributed by atoms with E-state index in [9.17, 15) is 5.11 Å². The summed E-state index contributed by atoms with van der Waals surface area (Å²) in [5.74, 6) is 1.64. The molecular weight excluding hydrogens is 252 g/mol. The lowest BCUT2D eigenvalue weighted by Crippen LogP contribution is -2.04. The lowest BCUT2D eigenvalue weighted by atomic mass is 10.1. The second-order valence-corrected chi connectivity index (χ2v) is 4.80. The number of methoxy groups -OCH3 is 1. The minimum atomic E-state index is -0.324. The molecule has 1 N–H and O–H groups in total. The van der Waals surface area contributed by atoms with Crippen LogP contribution in [0.4, 0.5) is 0 Å². The Balaban J connectivity index is 1.97. The molecule has 20 heavy (non-hydrogen) atoms. The summed E-state index contributed by atoms with van der Waals surface area (Å²) in [5.41, 5.74) is 2.12. The van der Waals surface area contributed by atoms with Gasteiger partial charge in [-0.1, -0.05) is 30.3 Å². The van der Waals surface area contributed by atoms with Crippen molar-refractivity contribution < 1.29 is 14.6 Å². The summed E-state index contributed by atoms with van der Waals surface area (Å²) >= 11 is 0. The van der Waals surface area contributed by atoms with E-state index in [0.717, 1.165) is 22.6 Å². The van der Waals surface area contributed by atoms with Gasteiger partial charge in [0, 0.05) is 5.56 Å². The van der Waals surface area contributed by atoms with Crippen molar-refractivity contribution in [3.05, 3.63) is 59.7 Å². The van der Waals surface area contributed by atoms with Crippen LogP contribution in [0.5, 0.6) is 11.5 Å². The predicted molar refractivity (Wildman–Crippen MR) is 79.2 cm³/mol. The topological polar surface area (TPSA) is 38.7 Å². The number of aliphatic hydroxyl groups excluding tert-OH is 1. The first-order valence-corrected chi connectivity index (χ1v) is 6.70. The first kappa shape index (κ1) is 14.4. The van der Waals surface area contributed by atoms with Crippen LogP contribution in [0.1, 0.15) is 18.1 Å². The van der Waals surface area contributed by atoms with Crippen LogP contribution in [0.2, 0.25) is 0 Å². The lowest BCUT2D eigenvalue weighted by Gasteiger charge is -2.11. The molecule has 2 aromatic carbocycles. The number of hydrogen-bond donors (Lipinski definition) is 1. The molecule has 2 rings (SSSR count). The van der Waals surface area contributed by atoms with Crippen molar-refractivity contribution in [1.82, 2.24) is 0 Å². The summed E-state index contributed by atoms with van der Waals surface area (Å²) < 4.78 is 11.0. The first-order chi connectivity index (χ1) is 9.69. The van der Waals surface area contributed by atoms with Crippen molar-refractivity contribution in [2.45, 2.75) is 26.1 Å². The zero-order chi connectivity index (χ0) is 14.4. The van der Waals surface area contributed by atoms with Crippen LogP contribution in [0.15, 0.2) is 48.5 Å². The lowest BCUT2D eigenvalue weighted by molar-refractivity contribution is 0.195. The molecule has 3 nitrogen and oxygen atoms in total. The average molecular weight is 272 g/mol. The van der Waals surface area contributed by atoms with E-state index in [2.05, 4.69) is 0 Å². The van der Waals surface area contributed by atoms with Gasteiger partial charge in [0.05, 0.1) is 13.2 Å². The molecule has 0 aromatic heterocycles. The highest BCUT2D eigenvalue weighted by Gasteiger charge is 2.03. The van der Waals surface area contributed by atoms with Crippen LogP contribution >= 0.6 is 0 Å². The van der Waals surface area contributed by atoms with Gasteiger partial charge in [-0.3, -0.25) is 0 Å². The monoisotopic (exact) mass is 272 g/mol. The average Bonchev–Trinajstić information content (AvgIpc) is 2.46. The molecule has 3 heteroatoms. The maximum atomic E-state index is 9.34. The fraction of sp³-hybridized carbons (Fsp3) is 0.294. The van der Waals surface area contributed by atoms with Gasteiger partial charge in [-0.25, -0.2) is 0 Å². The van der Waals surface area contributed by atoms with E-state index in [4.69, 9.17) is 9.47 Å². The zero-order valence-electron chi connectivity index (χ0n) is 11.9. The number of rotatable bonds is 6. The maximum Gasteiger partial charge on any atom is 0.125 e. The van der Waals surface area contributed by atoms with E-state index in [1.54, 1.807) is 14.0 Å². The van der Waals surface area contributed by atoms with Crippen molar-refractivity contribution in [3.8, 4) is 11.5 Å². The van der Waals surface area contributed by atoms with E-state index in [1.165, 1.54) is 0 Å². The number of para-hydroxylation sites is 1. The van der Waals surface area contributed by atoms with E-state index in [-0.39, 0.29) is 6.10 Å². The number of hydrogen-bond acceptors (Lipinski definition) is 3. The molecule has 0 aliphatic rings. The highest BCUT2D eigenvalue weighted by molar-refractivity contribution is 5.34. The third-order valence-corrected chi connectivity index (χ3v) is 3.04. The molecule has 0 saturated carbocycles. The van der Waals surface area contributed by atoms with Crippen molar-refractivity contribution >= 4 is 0 Å². The maximum absolute atomic E-state index is 9.34. The largest absolute Gasteiger partial charge is 0.496 e. The quantitative estimate of drug-likeness (QED) is 0.877. The number of benzene rings is 2. The summed E-state index contributed by atoms with van der Waals surface area (Å²) in [7, 11) is 1.66. The van der Waals surface area contributed by atoms with Gasteiger partial charge in [0.1, 0.15) is 18.1 Å². The van der Waals surface area contributed by atoms with Gasteiger partial charge in [0.15, 0.2) is 0 Å². The summed E-state index contributed by atoms with van der Waals surface area (Å²) in [6, 6.07) is 15.6. The van der Waals surface area contributed by atoms with Gasteiger partial charge in [0.25, 0.3) is 0 Å². The fourth-order valence-corrected chi connectivity index (χ4v) is 2.05. The summed E-state index contributed by atoms with van der Waals surface area (Å²) in [5, 5.41) is 9.34. The van der Waals surface area contributed by atoms with Gasteiger partial charge in [-0.2, -0.15) is 0 Å². The molecule has 0 radical (unpaired) electrons. The second kappa shape index (κ2) is 6.96. The Hall–Kier alpha value is -2.00. The van der Waals surface area contributed by atoms with E-state index >= 15 is 0 Å². The van der Waals surface area contributed by atoms with Gasteiger partial charge >= 0.3 is 0 Å². The number of aliphatic hydroxyl groups is 1. The van der Waals surface area contributed by atoms with Crippen molar-refractivity contribution in [3.63, 3.8) is 0 Å². The number of ether oxygens (including phenoxy) is 2. The molecule has 0 heterocycles. The van der Waals surface area contributed by atoms with Crippen LogP contribution in [0.25, 0.3) is 0 Å². The third-order valence-electron chi connectivity index (χ3n) is 3.04. The summed E-state index contributed by atoms with van der Waals surface area (Å²) in [6.45, 7) is 2.26. The Kier molecular flexibility index (Phi) is 5.02. The van der Waals surface area contributed by atoms with Crippen LogP contribution in [-0.4, -0.2) is 18.3 Å². The molecule has 0 fully saturated rings. The van der Waals surface area contributed by atoms with Crippen LogP contribution < -0.4 is 9.47 Å². The molecule has 0 aliphatic carbocycles. The van der Waals surface area contributed by atoms with E-state index in [1.807, 2.05) is 48.5 Å². The van der Waals surface area contributed by atoms with E-state index < -0.39 is 0 Å². The van der Waals surface area contributed by atoms with Gasteiger partial charge in [0.2, 0.25) is 0 Å². The minimum Gasteiger partial charge on any atom is -0.496 e. The fourth-order valence-electron chi connectivity index (χ4n) is 2.05. The highest BCUT2D eigenvalue weighted by atomic mass is 16.5. The van der Waals surface area contributed by atoms with Crippen LogP contribution in [0.3, 0.4) is 0 Å². The third kappa shape index (κ3) is 4.00. The van der Waals surface area contributed by atoms with Crippen molar-refractivity contribution in [2.75, 3.05) is 7.11 Å². The molecule has 0 saturated heterocycles. The Morgan fingerprint density at radius 3 is 2.40 bits per heavy atom. The molecular formula is C17H20O3. The summed E-state index contributed by atoms with van der Waals surface area (Å²) in [4.78, 5) is 0. The summed E-state index contributed by atoms with van der Waals surface area (Å²) in [6.07, 6.45) is 0.336. The molecule has 1 atom stereocenters. The zero-order valence-corrected chi connectivity index (χ0v) is 11.9. The normalized spacial score (nSPS) is 11.9. The van der Waals surface area contributed by atoms with Crippen molar-refractivity contribution in [2.24, 2.45) is 0 Å². The Morgan fingerprint density at radius 2 is 1.75 bits per heavy atom. The minimum absolute atomic E-state index is 0.324. The molecule has 0 amide bonds. The van der Waals surface area contributed by atoms with Crippen molar-refractivity contribution in [1.29, 1.82) is 0 Å². The molecule has 0 spiro atoms. The Bertz CT molecular complexity index is 532. The Labute approximate surface area is 119 Å². The molecule has 0 bridgehead atoms. The molecule has 1 unspecified atom stereocenters. The molecule has 0 aliphatic heterocycles. The first-order valence-electron chi connectivity index (χ1n) is 6.70. The van der Waals surface area contributed by atoms with Gasteiger partial charge in [-0.05, 0) is 37.1 Å². The van der Waals surface area contributed by atoms with E-state index in [0.29, 0.717) is 13.0 Å². The van der Waals surface area contributed by atoms with Crippen LogP contribution in [-0.2, 0) is 13.0 Å². The standard InChI is InChI=1S/C17H20O3/c1-13(18)11-14-7-9-16(10-8-14)20-12-15-5-3-4-6-17(15)19-2/h3-10,13,18H,11-12H2,1-2H3. The predicted octanol–water partition coefficient (Wildman–Crippen LogP) is 3.20. The molecule has 2 aromatic rings. The smallest absolute Gasteiger partial charge is 0.125 e. The Morgan fingerprint density at radius 1 is 1.05 bits per heavy atom. The van der Waals surface area contributed by atoms with Crippen LogP contribution in [0, 0.1) is 0 Å². The second-order valence-electron chi connectivity index (χ2n) is 4.80. The van der Waals surface area contributed by atoms with Gasteiger partial charge in [-0.15, -0.1) is 0 Å². The highest BCUT2D eigenvalue weighted by Crippen LogP contribution is 2.20. The van der Waals surface area contributed by atoms with Gasteiger partial charge < -0.3 is 14.6 Å². The molecule has 106 valence electrons.